The van der Waals surface area contributed by atoms with Gasteiger partial charge in [-0.3, -0.25) is 0 Å². The minimum Gasteiger partial charge on any atom is -0.393 e. The molecule has 0 aromatic rings. The van der Waals surface area contributed by atoms with Gasteiger partial charge in [0.05, 0.1) is 6.10 Å². The molecule has 0 heterocycles. The smallest absolute Gasteiger partial charge is 0.317 e. The van der Waals surface area contributed by atoms with E-state index in [1.54, 1.807) is 18.9 Å². The van der Waals surface area contributed by atoms with E-state index in [2.05, 4.69) is 19.2 Å². The van der Waals surface area contributed by atoms with E-state index in [1.165, 1.54) is 12.8 Å². The molecule has 18 heavy (non-hydrogen) atoms. The van der Waals surface area contributed by atoms with Crippen LogP contribution in [-0.2, 0) is 0 Å². The second-order valence-electron chi connectivity index (χ2n) is 6.45. The van der Waals surface area contributed by atoms with Crippen LogP contribution in [0.15, 0.2) is 0 Å². The molecule has 0 aromatic carbocycles. The molecule has 4 nitrogen and oxygen atoms in total. The maximum absolute atomic E-state index is 11.9. The monoisotopic (exact) mass is 256 g/mol. The van der Waals surface area contributed by atoms with Crippen molar-refractivity contribution in [1.82, 2.24) is 10.2 Å². The number of hydrogen-bond donors (Lipinski definition) is 2. The first kappa shape index (κ1) is 15.3. The number of nitrogens with one attached hydrogen (secondary N) is 1. The van der Waals surface area contributed by atoms with E-state index in [9.17, 15) is 9.90 Å². The number of aliphatic hydroxyl groups excluding tert-OH is 1. The molecule has 1 fully saturated rings. The molecule has 106 valence electrons. The van der Waals surface area contributed by atoms with Gasteiger partial charge in [-0.2, -0.15) is 0 Å². The SMILES string of the molecule is CC(O)CCN(C)C(=O)NC1CCC(C)(C)CC1. The van der Waals surface area contributed by atoms with Gasteiger partial charge in [0.1, 0.15) is 0 Å². The number of carbonyl (C=O) groups is 1. The molecular formula is C14H28N2O2. The molecule has 1 rings (SSSR count). The summed E-state index contributed by atoms with van der Waals surface area (Å²) in [4.78, 5) is 13.6. The molecule has 0 radical (unpaired) electrons. The zero-order valence-corrected chi connectivity index (χ0v) is 12.2. The summed E-state index contributed by atoms with van der Waals surface area (Å²) in [7, 11) is 1.78. The fraction of sp³-hybridized carbons (Fsp3) is 0.929. The summed E-state index contributed by atoms with van der Waals surface area (Å²) in [5, 5.41) is 12.3. The molecule has 0 aliphatic heterocycles. The molecular weight excluding hydrogens is 228 g/mol. The molecule has 2 N–H and O–H groups in total. The van der Waals surface area contributed by atoms with Gasteiger partial charge in [-0.15, -0.1) is 0 Å². The van der Waals surface area contributed by atoms with Crippen molar-refractivity contribution in [3.63, 3.8) is 0 Å². The first-order chi connectivity index (χ1) is 8.30. The quantitative estimate of drug-likeness (QED) is 0.811. The molecule has 1 saturated carbocycles. The van der Waals surface area contributed by atoms with E-state index in [1.807, 2.05) is 0 Å². The molecule has 0 bridgehead atoms. The summed E-state index contributed by atoms with van der Waals surface area (Å²) < 4.78 is 0. The van der Waals surface area contributed by atoms with Gasteiger partial charge in [0.25, 0.3) is 0 Å². The van der Waals surface area contributed by atoms with Gasteiger partial charge in [0, 0.05) is 19.6 Å². The van der Waals surface area contributed by atoms with Crippen LogP contribution in [0.25, 0.3) is 0 Å². The molecule has 0 aromatic heterocycles. The fourth-order valence-electron chi connectivity index (χ4n) is 2.31. The van der Waals surface area contributed by atoms with Crippen LogP contribution >= 0.6 is 0 Å². The molecule has 0 spiro atoms. The molecule has 2 amide bonds. The predicted octanol–water partition coefficient (Wildman–Crippen LogP) is 2.37. The first-order valence-corrected chi connectivity index (χ1v) is 7.00. The lowest BCUT2D eigenvalue weighted by Gasteiger charge is -2.35. The minimum atomic E-state index is -0.351. The number of amides is 2. The van der Waals surface area contributed by atoms with E-state index < -0.39 is 0 Å². The summed E-state index contributed by atoms with van der Waals surface area (Å²) in [6.07, 6.45) is 4.77. The summed E-state index contributed by atoms with van der Waals surface area (Å²) in [5.41, 5.74) is 0.430. The van der Waals surface area contributed by atoms with Crippen molar-refractivity contribution in [1.29, 1.82) is 0 Å². The van der Waals surface area contributed by atoms with Crippen molar-refractivity contribution in [2.24, 2.45) is 5.41 Å². The number of urea groups is 1. The first-order valence-electron chi connectivity index (χ1n) is 7.00. The lowest BCUT2D eigenvalue weighted by atomic mass is 9.76. The van der Waals surface area contributed by atoms with Crippen LogP contribution in [0.5, 0.6) is 0 Å². The molecule has 1 aliphatic rings. The van der Waals surface area contributed by atoms with Crippen LogP contribution in [0.2, 0.25) is 0 Å². The van der Waals surface area contributed by atoms with Gasteiger partial charge in [0.15, 0.2) is 0 Å². The Bertz CT molecular complexity index is 267. The summed E-state index contributed by atoms with van der Waals surface area (Å²) >= 11 is 0. The highest BCUT2D eigenvalue weighted by Gasteiger charge is 2.27. The van der Waals surface area contributed by atoms with Crippen LogP contribution in [0, 0.1) is 5.41 Å². The van der Waals surface area contributed by atoms with Crippen molar-refractivity contribution in [3.05, 3.63) is 0 Å². The van der Waals surface area contributed by atoms with Gasteiger partial charge in [0.2, 0.25) is 0 Å². The van der Waals surface area contributed by atoms with Crippen LogP contribution in [0.4, 0.5) is 4.79 Å². The topological polar surface area (TPSA) is 52.6 Å². The van der Waals surface area contributed by atoms with E-state index in [0.717, 1.165) is 12.8 Å². The molecule has 1 unspecified atom stereocenters. The number of nitrogens with zero attached hydrogens (tertiary/aromatic N) is 1. The Morgan fingerprint density at radius 1 is 1.44 bits per heavy atom. The van der Waals surface area contributed by atoms with E-state index in [4.69, 9.17) is 0 Å². The average Bonchev–Trinajstić information content (AvgIpc) is 2.28. The summed E-state index contributed by atoms with van der Waals surface area (Å²) in [5.74, 6) is 0. The normalized spacial score (nSPS) is 21.4. The van der Waals surface area contributed by atoms with E-state index >= 15 is 0 Å². The van der Waals surface area contributed by atoms with Gasteiger partial charge in [-0.25, -0.2) is 4.79 Å². The van der Waals surface area contributed by atoms with Crippen molar-refractivity contribution in [3.8, 4) is 0 Å². The number of hydrogen-bond acceptors (Lipinski definition) is 2. The number of aliphatic hydroxyl groups is 1. The minimum absolute atomic E-state index is 0.0136. The van der Waals surface area contributed by atoms with Crippen molar-refractivity contribution in [2.45, 2.75) is 65.0 Å². The lowest BCUT2D eigenvalue weighted by Crippen LogP contribution is -2.45. The van der Waals surface area contributed by atoms with Gasteiger partial charge in [-0.1, -0.05) is 13.8 Å². The highest BCUT2D eigenvalue weighted by molar-refractivity contribution is 5.74. The highest BCUT2D eigenvalue weighted by atomic mass is 16.3. The second kappa shape index (κ2) is 6.41. The Hall–Kier alpha value is -0.770. The third kappa shape index (κ3) is 5.25. The zero-order chi connectivity index (χ0) is 13.8. The Morgan fingerprint density at radius 2 is 2.00 bits per heavy atom. The Morgan fingerprint density at radius 3 is 2.50 bits per heavy atom. The molecule has 1 atom stereocenters. The summed E-state index contributed by atoms with van der Waals surface area (Å²) in [6, 6.07) is 0.305. The lowest BCUT2D eigenvalue weighted by molar-refractivity contribution is 0.157. The molecule has 4 heteroatoms. The van der Waals surface area contributed by atoms with Gasteiger partial charge >= 0.3 is 6.03 Å². The van der Waals surface area contributed by atoms with Crippen LogP contribution in [0.1, 0.15) is 52.9 Å². The van der Waals surface area contributed by atoms with Gasteiger partial charge in [-0.05, 0) is 44.4 Å². The molecule has 0 saturated heterocycles. The van der Waals surface area contributed by atoms with E-state index in [-0.39, 0.29) is 12.1 Å². The Kier molecular flexibility index (Phi) is 5.45. The van der Waals surface area contributed by atoms with Gasteiger partial charge < -0.3 is 15.3 Å². The van der Waals surface area contributed by atoms with Crippen LogP contribution in [0.3, 0.4) is 0 Å². The largest absolute Gasteiger partial charge is 0.393 e. The Balaban J connectivity index is 2.28. The highest BCUT2D eigenvalue weighted by Crippen LogP contribution is 2.34. The second-order valence-corrected chi connectivity index (χ2v) is 6.45. The Labute approximate surface area is 111 Å². The van der Waals surface area contributed by atoms with Crippen LogP contribution < -0.4 is 5.32 Å². The maximum Gasteiger partial charge on any atom is 0.317 e. The van der Waals surface area contributed by atoms with Crippen LogP contribution in [-0.4, -0.2) is 41.8 Å². The zero-order valence-electron chi connectivity index (χ0n) is 12.2. The predicted molar refractivity (Wildman–Crippen MR) is 73.5 cm³/mol. The average molecular weight is 256 g/mol. The third-order valence-electron chi connectivity index (χ3n) is 3.90. The van der Waals surface area contributed by atoms with Crippen molar-refractivity contribution < 1.29 is 9.90 Å². The van der Waals surface area contributed by atoms with E-state index in [0.29, 0.717) is 24.4 Å². The van der Waals surface area contributed by atoms with Crippen molar-refractivity contribution in [2.75, 3.05) is 13.6 Å². The molecule has 1 aliphatic carbocycles. The number of rotatable bonds is 4. The standard InChI is InChI=1S/C14H28N2O2/c1-11(17)7-10-16(4)13(18)15-12-5-8-14(2,3)9-6-12/h11-12,17H,5-10H2,1-4H3,(H,15,18). The fourth-order valence-corrected chi connectivity index (χ4v) is 2.31. The van der Waals surface area contributed by atoms with Crippen molar-refractivity contribution >= 4 is 6.03 Å². The summed E-state index contributed by atoms with van der Waals surface area (Å²) in [6.45, 7) is 6.93. The third-order valence-corrected chi connectivity index (χ3v) is 3.90. The maximum atomic E-state index is 11.9. The number of carbonyl (C=O) groups excluding carboxylic acids is 1.